The maximum Gasteiger partial charge on any atom is 0.0651 e. The number of nitrogens with zero attached hydrogens (tertiary/aromatic N) is 1. The molecule has 0 bridgehead atoms. The lowest BCUT2D eigenvalue weighted by Gasteiger charge is -2.19. The van der Waals surface area contributed by atoms with Crippen LogP contribution in [0.15, 0.2) is 36.5 Å². The Morgan fingerprint density at radius 3 is 2.57 bits per heavy atom. The number of nitrogens with one attached hydrogen (secondary N) is 2. The Kier molecular flexibility index (Phi) is 3.42. The summed E-state index contributed by atoms with van der Waals surface area (Å²) in [4.78, 5) is 0. The fourth-order valence-corrected chi connectivity index (χ4v) is 2.81. The molecule has 0 fully saturated rings. The number of fused-ring (bicyclic) bond motifs is 1. The van der Waals surface area contributed by atoms with Crippen LogP contribution in [0.2, 0.25) is 0 Å². The zero-order chi connectivity index (χ0) is 15.0. The standard InChI is InChI=1S/C18H21N3/c1-11-7-13(3)17(8-12(11)2)14(4)20-16-5-6-18-15(9-16)10-19-21-18/h5-10,14,20H,1-4H3,(H,19,21). The molecule has 0 aliphatic carbocycles. The summed E-state index contributed by atoms with van der Waals surface area (Å²) in [5, 5.41) is 11.8. The predicted octanol–water partition coefficient (Wildman–Crippen LogP) is 4.66. The molecule has 21 heavy (non-hydrogen) atoms. The van der Waals surface area contributed by atoms with Gasteiger partial charge in [-0.15, -0.1) is 0 Å². The van der Waals surface area contributed by atoms with Gasteiger partial charge in [-0.1, -0.05) is 12.1 Å². The van der Waals surface area contributed by atoms with Crippen LogP contribution in [0.5, 0.6) is 0 Å². The van der Waals surface area contributed by atoms with Gasteiger partial charge in [0.15, 0.2) is 0 Å². The first-order chi connectivity index (χ1) is 10.0. The number of anilines is 1. The van der Waals surface area contributed by atoms with Crippen molar-refractivity contribution >= 4 is 16.6 Å². The van der Waals surface area contributed by atoms with Crippen molar-refractivity contribution in [2.45, 2.75) is 33.7 Å². The SMILES string of the molecule is Cc1cc(C)c(C(C)Nc2ccc3[nH]ncc3c2)cc1C. The normalized spacial score (nSPS) is 12.6. The van der Waals surface area contributed by atoms with Crippen LogP contribution in [0.25, 0.3) is 10.9 Å². The quantitative estimate of drug-likeness (QED) is 0.732. The molecule has 1 unspecified atom stereocenters. The average molecular weight is 279 g/mol. The van der Waals surface area contributed by atoms with Crippen molar-refractivity contribution in [3.05, 3.63) is 58.8 Å². The third-order valence-electron chi connectivity index (χ3n) is 4.17. The molecular weight excluding hydrogens is 258 g/mol. The van der Waals surface area contributed by atoms with Gasteiger partial charge in [0, 0.05) is 17.1 Å². The molecule has 0 saturated carbocycles. The third-order valence-corrected chi connectivity index (χ3v) is 4.17. The molecule has 2 N–H and O–H groups in total. The first-order valence-electron chi connectivity index (χ1n) is 7.32. The molecule has 0 aliphatic heterocycles. The minimum atomic E-state index is 0.272. The fourth-order valence-electron chi connectivity index (χ4n) is 2.81. The van der Waals surface area contributed by atoms with Gasteiger partial charge in [-0.2, -0.15) is 5.10 Å². The number of rotatable bonds is 3. The van der Waals surface area contributed by atoms with E-state index in [-0.39, 0.29) is 6.04 Å². The van der Waals surface area contributed by atoms with Crippen molar-refractivity contribution in [2.24, 2.45) is 0 Å². The van der Waals surface area contributed by atoms with E-state index in [1.165, 1.54) is 22.3 Å². The predicted molar refractivity (Wildman–Crippen MR) is 88.8 cm³/mol. The minimum Gasteiger partial charge on any atom is -0.378 e. The number of aromatic amines is 1. The number of benzene rings is 2. The Bertz CT molecular complexity index is 786. The monoisotopic (exact) mass is 279 g/mol. The number of aryl methyl sites for hydroxylation is 3. The topological polar surface area (TPSA) is 40.7 Å². The number of H-pyrrole nitrogens is 1. The second-order valence-corrected chi connectivity index (χ2v) is 5.83. The summed E-state index contributed by atoms with van der Waals surface area (Å²) in [6.07, 6.45) is 1.85. The molecule has 1 aromatic heterocycles. The first-order valence-corrected chi connectivity index (χ1v) is 7.32. The lowest BCUT2D eigenvalue weighted by molar-refractivity contribution is 0.871. The van der Waals surface area contributed by atoms with Crippen LogP contribution in [0.3, 0.4) is 0 Å². The van der Waals surface area contributed by atoms with Gasteiger partial charge in [-0.3, -0.25) is 5.10 Å². The van der Waals surface area contributed by atoms with Gasteiger partial charge < -0.3 is 5.32 Å². The molecular formula is C18H21N3. The summed E-state index contributed by atoms with van der Waals surface area (Å²) < 4.78 is 0. The van der Waals surface area contributed by atoms with E-state index in [1.807, 2.05) is 6.20 Å². The van der Waals surface area contributed by atoms with Crippen molar-refractivity contribution in [1.29, 1.82) is 0 Å². The highest BCUT2D eigenvalue weighted by molar-refractivity contribution is 5.81. The number of hydrogen-bond donors (Lipinski definition) is 2. The molecule has 108 valence electrons. The second-order valence-electron chi connectivity index (χ2n) is 5.83. The lowest BCUT2D eigenvalue weighted by atomic mass is 9.96. The van der Waals surface area contributed by atoms with Crippen molar-refractivity contribution < 1.29 is 0 Å². The summed E-state index contributed by atoms with van der Waals surface area (Å²) in [7, 11) is 0. The molecule has 3 aromatic rings. The molecule has 3 rings (SSSR count). The molecule has 1 atom stereocenters. The lowest BCUT2D eigenvalue weighted by Crippen LogP contribution is -2.09. The summed E-state index contributed by atoms with van der Waals surface area (Å²) in [6, 6.07) is 11.1. The summed E-state index contributed by atoms with van der Waals surface area (Å²) in [5.41, 5.74) is 7.57. The highest BCUT2D eigenvalue weighted by atomic mass is 15.1. The smallest absolute Gasteiger partial charge is 0.0651 e. The Morgan fingerprint density at radius 2 is 1.76 bits per heavy atom. The molecule has 3 heteroatoms. The van der Waals surface area contributed by atoms with E-state index in [0.717, 1.165) is 16.6 Å². The van der Waals surface area contributed by atoms with Crippen LogP contribution in [0, 0.1) is 20.8 Å². The zero-order valence-electron chi connectivity index (χ0n) is 13.0. The van der Waals surface area contributed by atoms with E-state index in [2.05, 4.69) is 73.5 Å². The van der Waals surface area contributed by atoms with Crippen molar-refractivity contribution in [3.8, 4) is 0 Å². The highest BCUT2D eigenvalue weighted by Crippen LogP contribution is 2.26. The highest BCUT2D eigenvalue weighted by Gasteiger charge is 2.10. The van der Waals surface area contributed by atoms with E-state index in [4.69, 9.17) is 0 Å². The van der Waals surface area contributed by atoms with Crippen LogP contribution >= 0.6 is 0 Å². The van der Waals surface area contributed by atoms with Gasteiger partial charge in [0.25, 0.3) is 0 Å². The maximum atomic E-state index is 4.06. The maximum absolute atomic E-state index is 4.06. The molecule has 2 aromatic carbocycles. The van der Waals surface area contributed by atoms with Gasteiger partial charge in [-0.25, -0.2) is 0 Å². The van der Waals surface area contributed by atoms with Crippen LogP contribution in [-0.4, -0.2) is 10.2 Å². The number of hydrogen-bond acceptors (Lipinski definition) is 2. The Morgan fingerprint density at radius 1 is 1.00 bits per heavy atom. The molecule has 0 saturated heterocycles. The fraction of sp³-hybridized carbons (Fsp3) is 0.278. The minimum absolute atomic E-state index is 0.272. The van der Waals surface area contributed by atoms with Gasteiger partial charge in [0.2, 0.25) is 0 Å². The van der Waals surface area contributed by atoms with Crippen LogP contribution < -0.4 is 5.32 Å². The number of aromatic nitrogens is 2. The van der Waals surface area contributed by atoms with Crippen molar-refractivity contribution in [2.75, 3.05) is 5.32 Å². The third kappa shape index (κ3) is 2.64. The average Bonchev–Trinajstić information content (AvgIpc) is 2.90. The molecule has 1 heterocycles. The van der Waals surface area contributed by atoms with E-state index in [1.54, 1.807) is 0 Å². The molecule has 0 amide bonds. The molecule has 3 nitrogen and oxygen atoms in total. The largest absolute Gasteiger partial charge is 0.378 e. The van der Waals surface area contributed by atoms with Gasteiger partial charge in [0.1, 0.15) is 0 Å². The van der Waals surface area contributed by atoms with Gasteiger partial charge in [0.05, 0.1) is 11.7 Å². The zero-order valence-corrected chi connectivity index (χ0v) is 13.0. The summed E-state index contributed by atoms with van der Waals surface area (Å²) in [6.45, 7) is 8.72. The molecule has 0 aliphatic rings. The van der Waals surface area contributed by atoms with Crippen molar-refractivity contribution in [3.63, 3.8) is 0 Å². The first kappa shape index (κ1) is 13.7. The van der Waals surface area contributed by atoms with E-state index in [9.17, 15) is 0 Å². The second kappa shape index (κ2) is 5.24. The molecule has 0 radical (unpaired) electrons. The van der Waals surface area contributed by atoms with Gasteiger partial charge in [-0.05, 0) is 68.1 Å². The molecule has 0 spiro atoms. The Balaban J connectivity index is 1.88. The van der Waals surface area contributed by atoms with E-state index < -0.39 is 0 Å². The Hall–Kier alpha value is -2.29. The van der Waals surface area contributed by atoms with Crippen LogP contribution in [0.1, 0.15) is 35.2 Å². The van der Waals surface area contributed by atoms with Crippen molar-refractivity contribution in [1.82, 2.24) is 10.2 Å². The van der Waals surface area contributed by atoms with E-state index in [0.29, 0.717) is 0 Å². The summed E-state index contributed by atoms with van der Waals surface area (Å²) >= 11 is 0. The Labute approximate surface area is 125 Å². The van der Waals surface area contributed by atoms with Crippen LogP contribution in [-0.2, 0) is 0 Å². The van der Waals surface area contributed by atoms with Gasteiger partial charge >= 0.3 is 0 Å². The van der Waals surface area contributed by atoms with Crippen LogP contribution in [0.4, 0.5) is 5.69 Å². The van der Waals surface area contributed by atoms with E-state index >= 15 is 0 Å². The summed E-state index contributed by atoms with van der Waals surface area (Å²) in [5.74, 6) is 0.